The van der Waals surface area contributed by atoms with Gasteiger partial charge in [-0.1, -0.05) is 146 Å². The van der Waals surface area contributed by atoms with Crippen LogP contribution in [0.25, 0.3) is 66.9 Å². The smallest absolute Gasteiger partial charge is 0.160 e. The highest BCUT2D eigenvalue weighted by Crippen LogP contribution is 2.44. The van der Waals surface area contributed by atoms with Crippen LogP contribution in [0.1, 0.15) is 13.3 Å². The SMILES string of the molecule is CCC1Nc2ccc(-c3ccc4ccccc4c3-c3ccc(-c4nc(-c5ccccc5)cc(-c5ccccc5)n4)cc3)cc2S1. The van der Waals surface area contributed by atoms with Gasteiger partial charge in [0.15, 0.2) is 5.82 Å². The molecular formula is C41H31N3S. The summed E-state index contributed by atoms with van der Waals surface area (Å²) < 4.78 is 0. The van der Waals surface area contributed by atoms with Gasteiger partial charge in [0.25, 0.3) is 0 Å². The number of rotatable bonds is 6. The maximum atomic E-state index is 5.04. The van der Waals surface area contributed by atoms with Crippen LogP contribution in [0.15, 0.2) is 150 Å². The number of anilines is 1. The summed E-state index contributed by atoms with van der Waals surface area (Å²) in [5.41, 5.74) is 11.1. The number of thioether (sulfide) groups is 1. The third kappa shape index (κ3) is 5.28. The first-order valence-corrected chi connectivity index (χ1v) is 16.3. The standard InChI is InChI=1S/C41H31N3S/c1-2-39-42-35-24-22-32(25-38(35)45-39)34-23-21-27-11-9-10-16-33(27)40(34)30-17-19-31(20-18-30)41-43-36(28-12-5-3-6-13-28)26-37(44-41)29-14-7-4-8-15-29/h3-26,39,42H,2H2,1H3. The minimum atomic E-state index is 0.434. The van der Waals surface area contributed by atoms with E-state index in [9.17, 15) is 0 Å². The average molecular weight is 598 g/mol. The molecule has 0 saturated carbocycles. The maximum absolute atomic E-state index is 5.04. The average Bonchev–Trinajstić information content (AvgIpc) is 3.55. The van der Waals surface area contributed by atoms with Gasteiger partial charge in [0.1, 0.15) is 0 Å². The summed E-state index contributed by atoms with van der Waals surface area (Å²) in [5, 5.41) is 6.55. The van der Waals surface area contributed by atoms with E-state index in [1.165, 1.54) is 43.6 Å². The molecule has 0 radical (unpaired) electrons. The molecule has 0 aliphatic carbocycles. The second-order valence-corrected chi connectivity index (χ2v) is 12.6. The fraction of sp³-hybridized carbons (Fsp3) is 0.0732. The lowest BCUT2D eigenvalue weighted by molar-refractivity contribution is 0.931. The zero-order valence-corrected chi connectivity index (χ0v) is 25.8. The van der Waals surface area contributed by atoms with Crippen LogP contribution in [-0.4, -0.2) is 15.3 Å². The Balaban J connectivity index is 1.24. The molecule has 0 spiro atoms. The van der Waals surface area contributed by atoms with Crippen LogP contribution in [0.5, 0.6) is 0 Å². The van der Waals surface area contributed by atoms with Gasteiger partial charge in [0, 0.05) is 27.3 Å². The molecule has 45 heavy (non-hydrogen) atoms. The molecule has 0 bridgehead atoms. The summed E-state index contributed by atoms with van der Waals surface area (Å²) in [5.74, 6) is 0.716. The largest absolute Gasteiger partial charge is 0.372 e. The van der Waals surface area contributed by atoms with E-state index in [2.05, 4.69) is 121 Å². The second kappa shape index (κ2) is 11.7. The lowest BCUT2D eigenvalue weighted by Gasteiger charge is -2.15. The normalized spacial score (nSPS) is 13.8. The van der Waals surface area contributed by atoms with Gasteiger partial charge in [0.05, 0.1) is 16.8 Å². The highest BCUT2D eigenvalue weighted by atomic mass is 32.2. The van der Waals surface area contributed by atoms with Crippen molar-refractivity contribution >= 4 is 28.2 Å². The monoisotopic (exact) mass is 597 g/mol. The van der Waals surface area contributed by atoms with Crippen LogP contribution in [-0.2, 0) is 0 Å². The fourth-order valence-corrected chi connectivity index (χ4v) is 7.26. The van der Waals surface area contributed by atoms with Gasteiger partial charge in [-0.3, -0.25) is 0 Å². The van der Waals surface area contributed by atoms with Crippen molar-refractivity contribution in [1.82, 2.24) is 9.97 Å². The van der Waals surface area contributed by atoms with E-state index in [0.29, 0.717) is 11.2 Å². The summed E-state index contributed by atoms with van der Waals surface area (Å²) in [6.45, 7) is 2.23. The van der Waals surface area contributed by atoms with Crippen molar-refractivity contribution in [2.75, 3.05) is 5.32 Å². The number of nitrogens with zero attached hydrogens (tertiary/aromatic N) is 2. The van der Waals surface area contributed by atoms with Gasteiger partial charge in [-0.2, -0.15) is 0 Å². The van der Waals surface area contributed by atoms with Gasteiger partial charge in [0.2, 0.25) is 0 Å². The molecule has 4 heteroatoms. The number of hydrogen-bond donors (Lipinski definition) is 1. The maximum Gasteiger partial charge on any atom is 0.160 e. The van der Waals surface area contributed by atoms with Gasteiger partial charge < -0.3 is 5.32 Å². The first kappa shape index (κ1) is 27.4. The van der Waals surface area contributed by atoms with Crippen LogP contribution in [0, 0.1) is 0 Å². The Morgan fingerprint density at radius 3 is 1.89 bits per heavy atom. The zero-order chi connectivity index (χ0) is 30.2. The molecule has 0 saturated heterocycles. The quantitative estimate of drug-likeness (QED) is 0.207. The molecule has 0 amide bonds. The molecule has 7 aromatic rings. The van der Waals surface area contributed by atoms with E-state index < -0.39 is 0 Å². The molecule has 6 aromatic carbocycles. The third-order valence-electron chi connectivity index (χ3n) is 8.48. The molecule has 1 aliphatic heterocycles. The molecule has 3 nitrogen and oxygen atoms in total. The second-order valence-electron chi connectivity index (χ2n) is 11.4. The number of hydrogen-bond acceptors (Lipinski definition) is 4. The first-order chi connectivity index (χ1) is 22.2. The highest BCUT2D eigenvalue weighted by molar-refractivity contribution is 8.00. The highest BCUT2D eigenvalue weighted by Gasteiger charge is 2.21. The lowest BCUT2D eigenvalue weighted by atomic mass is 9.89. The van der Waals surface area contributed by atoms with E-state index in [1.807, 2.05) is 48.2 Å². The van der Waals surface area contributed by atoms with Crippen LogP contribution >= 0.6 is 11.8 Å². The van der Waals surface area contributed by atoms with Crippen molar-refractivity contribution in [3.8, 4) is 56.2 Å². The Morgan fingerprint density at radius 1 is 0.578 bits per heavy atom. The molecule has 1 aromatic heterocycles. The van der Waals surface area contributed by atoms with Crippen LogP contribution in [0.2, 0.25) is 0 Å². The number of benzene rings is 6. The van der Waals surface area contributed by atoms with E-state index in [0.717, 1.165) is 34.5 Å². The Bertz CT molecular complexity index is 2080. The van der Waals surface area contributed by atoms with Gasteiger partial charge in [-0.15, -0.1) is 0 Å². The lowest BCUT2D eigenvalue weighted by Crippen LogP contribution is -2.06. The molecule has 1 aliphatic rings. The van der Waals surface area contributed by atoms with E-state index in [1.54, 1.807) is 0 Å². The minimum Gasteiger partial charge on any atom is -0.372 e. The molecule has 1 unspecified atom stereocenters. The Kier molecular flexibility index (Phi) is 7.13. The summed E-state index contributed by atoms with van der Waals surface area (Å²) in [7, 11) is 0. The predicted molar refractivity (Wildman–Crippen MR) is 190 cm³/mol. The van der Waals surface area contributed by atoms with Crippen molar-refractivity contribution < 1.29 is 0 Å². The van der Waals surface area contributed by atoms with Crippen LogP contribution in [0.3, 0.4) is 0 Å². The topological polar surface area (TPSA) is 37.8 Å². The summed E-state index contributed by atoms with van der Waals surface area (Å²) in [6.07, 6.45) is 1.09. The molecule has 1 atom stereocenters. The molecule has 1 N–H and O–H groups in total. The van der Waals surface area contributed by atoms with Gasteiger partial charge in [-0.05, 0) is 57.6 Å². The van der Waals surface area contributed by atoms with E-state index in [-0.39, 0.29) is 0 Å². The molecule has 216 valence electrons. The van der Waals surface area contributed by atoms with Crippen molar-refractivity contribution in [3.63, 3.8) is 0 Å². The van der Waals surface area contributed by atoms with Crippen molar-refractivity contribution in [1.29, 1.82) is 0 Å². The summed E-state index contributed by atoms with van der Waals surface area (Å²) >= 11 is 1.92. The van der Waals surface area contributed by atoms with Gasteiger partial charge >= 0.3 is 0 Å². The molecule has 0 fully saturated rings. The number of aromatic nitrogens is 2. The van der Waals surface area contributed by atoms with E-state index in [4.69, 9.17) is 9.97 Å². The summed E-state index contributed by atoms with van der Waals surface area (Å²) in [4.78, 5) is 11.4. The van der Waals surface area contributed by atoms with Crippen molar-refractivity contribution in [3.05, 3.63) is 146 Å². The van der Waals surface area contributed by atoms with Crippen molar-refractivity contribution in [2.45, 2.75) is 23.6 Å². The number of fused-ring (bicyclic) bond motifs is 2. The zero-order valence-electron chi connectivity index (χ0n) is 24.9. The Labute approximate surface area is 268 Å². The van der Waals surface area contributed by atoms with Crippen LogP contribution in [0.4, 0.5) is 5.69 Å². The van der Waals surface area contributed by atoms with Crippen molar-refractivity contribution in [2.24, 2.45) is 0 Å². The number of nitrogens with one attached hydrogen (secondary N) is 1. The Hall–Kier alpha value is -5.19. The summed E-state index contributed by atoms with van der Waals surface area (Å²) in [6, 6.07) is 51.5. The van der Waals surface area contributed by atoms with Crippen LogP contribution < -0.4 is 5.32 Å². The predicted octanol–water partition coefficient (Wildman–Crippen LogP) is 11.2. The molecular weight excluding hydrogens is 567 g/mol. The molecule has 8 rings (SSSR count). The van der Waals surface area contributed by atoms with E-state index >= 15 is 0 Å². The first-order valence-electron chi connectivity index (χ1n) is 15.4. The third-order valence-corrected chi connectivity index (χ3v) is 9.80. The fourth-order valence-electron chi connectivity index (χ4n) is 6.15. The minimum absolute atomic E-state index is 0.434. The Morgan fingerprint density at radius 2 is 1.20 bits per heavy atom. The molecule has 2 heterocycles. The van der Waals surface area contributed by atoms with Gasteiger partial charge in [-0.25, -0.2) is 9.97 Å².